The van der Waals surface area contributed by atoms with Gasteiger partial charge in [0.2, 0.25) is 0 Å². The van der Waals surface area contributed by atoms with Crippen molar-refractivity contribution in [2.45, 2.75) is 0 Å². The first-order valence-corrected chi connectivity index (χ1v) is 15.3. The number of fused-ring (bicyclic) bond motifs is 4. The Morgan fingerprint density at radius 2 is 0.750 bits per heavy atom. The Bertz CT molecular complexity index is 2340. The topological polar surface area (TPSA) is 0 Å². The van der Waals surface area contributed by atoms with E-state index in [1.54, 1.807) is 0 Å². The fraction of sp³-hybridized carbons (Fsp3) is 0. The number of benzene rings is 8. The predicted molar refractivity (Wildman–Crippen MR) is 188 cm³/mol. The zero-order valence-electron chi connectivity index (χ0n) is 24.2. The van der Waals surface area contributed by atoms with Crippen LogP contribution in [0.4, 0.5) is 0 Å². The van der Waals surface area contributed by atoms with Gasteiger partial charge >= 0.3 is 0 Å². The maximum Gasteiger partial charge on any atom is -0.00201 e. The van der Waals surface area contributed by atoms with E-state index >= 15 is 0 Å². The molecule has 0 bridgehead atoms. The molecule has 0 spiro atoms. The van der Waals surface area contributed by atoms with Gasteiger partial charge in [-0.05, 0) is 100 Å². The van der Waals surface area contributed by atoms with Crippen molar-refractivity contribution in [3.05, 3.63) is 170 Å². The second-order valence-electron chi connectivity index (χ2n) is 11.7. The Hall–Kier alpha value is -5.72. The molecule has 1 aliphatic rings. The van der Waals surface area contributed by atoms with E-state index in [9.17, 15) is 0 Å². The molecule has 0 atom stereocenters. The summed E-state index contributed by atoms with van der Waals surface area (Å²) in [6.07, 6.45) is 0. The smallest absolute Gasteiger partial charge is 0.00201 e. The largest absolute Gasteiger partial charge is 0.0622 e. The molecule has 0 N–H and O–H groups in total. The molecular formula is C44H28. The zero-order chi connectivity index (χ0) is 29.0. The molecule has 204 valence electrons. The van der Waals surface area contributed by atoms with Crippen molar-refractivity contribution in [3.63, 3.8) is 0 Å². The molecule has 44 heavy (non-hydrogen) atoms. The third-order valence-electron chi connectivity index (χ3n) is 9.24. The summed E-state index contributed by atoms with van der Waals surface area (Å²) in [6, 6.07) is 62.2. The summed E-state index contributed by atoms with van der Waals surface area (Å²) in [5, 5.41) is 5.21. The second-order valence-corrected chi connectivity index (χ2v) is 11.7. The lowest BCUT2D eigenvalue weighted by molar-refractivity contribution is 1.57. The standard InChI is InChI=1S/C44H28/c1-2-11-30(12-3-1)43-28-32(23-24-39(43)36-20-9-14-29-13-4-5-17-34(29)36)31-15-8-16-33(27-31)35-25-26-42-38-19-7-6-18-37(38)41-22-10-21-40(35)44(41)42/h1-28H. The van der Waals surface area contributed by atoms with Gasteiger partial charge in [-0.3, -0.25) is 0 Å². The molecule has 0 unspecified atom stereocenters. The van der Waals surface area contributed by atoms with Gasteiger partial charge in [-0.15, -0.1) is 0 Å². The van der Waals surface area contributed by atoms with Crippen molar-refractivity contribution in [1.82, 2.24) is 0 Å². The van der Waals surface area contributed by atoms with Gasteiger partial charge in [0.15, 0.2) is 0 Å². The van der Waals surface area contributed by atoms with E-state index in [1.165, 1.54) is 88.3 Å². The minimum atomic E-state index is 1.22. The first-order valence-electron chi connectivity index (χ1n) is 15.3. The van der Waals surface area contributed by atoms with Crippen molar-refractivity contribution in [3.8, 4) is 66.8 Å². The van der Waals surface area contributed by atoms with Crippen LogP contribution in [0.5, 0.6) is 0 Å². The number of hydrogen-bond donors (Lipinski definition) is 0. The van der Waals surface area contributed by atoms with Crippen LogP contribution in [-0.2, 0) is 0 Å². The van der Waals surface area contributed by atoms with Crippen LogP contribution in [-0.4, -0.2) is 0 Å². The summed E-state index contributed by atoms with van der Waals surface area (Å²) in [5.74, 6) is 0. The lowest BCUT2D eigenvalue weighted by Crippen LogP contribution is -1.90. The lowest BCUT2D eigenvalue weighted by atomic mass is 9.88. The van der Waals surface area contributed by atoms with Gasteiger partial charge in [-0.25, -0.2) is 0 Å². The van der Waals surface area contributed by atoms with Crippen LogP contribution in [0, 0.1) is 0 Å². The Morgan fingerprint density at radius 1 is 0.227 bits per heavy atom. The van der Waals surface area contributed by atoms with Crippen LogP contribution in [0.1, 0.15) is 0 Å². The van der Waals surface area contributed by atoms with E-state index in [2.05, 4.69) is 170 Å². The van der Waals surface area contributed by atoms with Gasteiger partial charge in [0.25, 0.3) is 0 Å². The average molecular weight is 557 g/mol. The number of hydrogen-bond acceptors (Lipinski definition) is 0. The monoisotopic (exact) mass is 556 g/mol. The van der Waals surface area contributed by atoms with Crippen molar-refractivity contribution >= 4 is 21.5 Å². The van der Waals surface area contributed by atoms with Gasteiger partial charge in [0, 0.05) is 0 Å². The Kier molecular flexibility index (Phi) is 5.61. The molecule has 8 aromatic rings. The second kappa shape index (κ2) is 9.93. The molecule has 0 saturated heterocycles. The molecule has 0 aromatic heterocycles. The van der Waals surface area contributed by atoms with Gasteiger partial charge < -0.3 is 0 Å². The van der Waals surface area contributed by atoms with E-state index in [0.717, 1.165) is 0 Å². The molecule has 1 aliphatic carbocycles. The third-order valence-corrected chi connectivity index (χ3v) is 9.24. The van der Waals surface area contributed by atoms with E-state index in [4.69, 9.17) is 0 Å². The molecule has 0 heteroatoms. The predicted octanol–water partition coefficient (Wildman–Crippen LogP) is 12.3. The molecule has 0 radical (unpaired) electrons. The normalized spacial score (nSPS) is 11.6. The highest BCUT2D eigenvalue weighted by Crippen LogP contribution is 2.49. The van der Waals surface area contributed by atoms with Crippen molar-refractivity contribution in [2.24, 2.45) is 0 Å². The Labute approximate surface area is 257 Å². The molecule has 0 heterocycles. The summed E-state index contributed by atoms with van der Waals surface area (Å²) < 4.78 is 0. The molecule has 0 nitrogen and oxygen atoms in total. The van der Waals surface area contributed by atoms with Crippen LogP contribution in [0.25, 0.3) is 88.3 Å². The minimum absolute atomic E-state index is 1.22. The summed E-state index contributed by atoms with van der Waals surface area (Å²) >= 11 is 0. The Balaban J connectivity index is 1.20. The number of rotatable bonds is 4. The summed E-state index contributed by atoms with van der Waals surface area (Å²) in [7, 11) is 0. The third kappa shape index (κ3) is 3.85. The van der Waals surface area contributed by atoms with Crippen LogP contribution < -0.4 is 0 Å². The summed E-state index contributed by atoms with van der Waals surface area (Å²) in [6.45, 7) is 0. The highest BCUT2D eigenvalue weighted by Gasteiger charge is 2.22. The first kappa shape index (κ1) is 24.8. The van der Waals surface area contributed by atoms with E-state index in [1.807, 2.05) is 0 Å². The lowest BCUT2D eigenvalue weighted by Gasteiger charge is -2.16. The zero-order valence-corrected chi connectivity index (χ0v) is 24.2. The van der Waals surface area contributed by atoms with Crippen LogP contribution in [0.2, 0.25) is 0 Å². The van der Waals surface area contributed by atoms with Crippen LogP contribution in [0.15, 0.2) is 170 Å². The fourth-order valence-electron chi connectivity index (χ4n) is 7.20. The average Bonchev–Trinajstić information content (AvgIpc) is 3.43. The molecule has 9 rings (SSSR count). The molecule has 8 aromatic carbocycles. The van der Waals surface area contributed by atoms with Crippen molar-refractivity contribution in [2.75, 3.05) is 0 Å². The van der Waals surface area contributed by atoms with E-state index < -0.39 is 0 Å². The molecule has 0 amide bonds. The van der Waals surface area contributed by atoms with Crippen LogP contribution in [0.3, 0.4) is 0 Å². The highest BCUT2D eigenvalue weighted by molar-refractivity contribution is 6.18. The molecule has 0 saturated carbocycles. The first-order chi connectivity index (χ1) is 21.8. The van der Waals surface area contributed by atoms with Gasteiger partial charge in [0.1, 0.15) is 0 Å². The fourth-order valence-corrected chi connectivity index (χ4v) is 7.20. The van der Waals surface area contributed by atoms with Gasteiger partial charge in [-0.2, -0.15) is 0 Å². The highest BCUT2D eigenvalue weighted by atomic mass is 14.2. The van der Waals surface area contributed by atoms with E-state index in [0.29, 0.717) is 0 Å². The Morgan fingerprint density at radius 3 is 1.64 bits per heavy atom. The van der Waals surface area contributed by atoms with E-state index in [-0.39, 0.29) is 0 Å². The van der Waals surface area contributed by atoms with Crippen molar-refractivity contribution < 1.29 is 0 Å². The minimum Gasteiger partial charge on any atom is -0.0622 e. The molecular weight excluding hydrogens is 528 g/mol. The van der Waals surface area contributed by atoms with Gasteiger partial charge in [0.05, 0.1) is 0 Å². The maximum atomic E-state index is 2.37. The molecule has 0 fully saturated rings. The van der Waals surface area contributed by atoms with Gasteiger partial charge in [-0.1, -0.05) is 158 Å². The van der Waals surface area contributed by atoms with Crippen LogP contribution >= 0.6 is 0 Å². The quantitative estimate of drug-likeness (QED) is 0.202. The summed E-state index contributed by atoms with van der Waals surface area (Å²) in [4.78, 5) is 0. The summed E-state index contributed by atoms with van der Waals surface area (Å²) in [5.41, 5.74) is 15.3. The molecule has 0 aliphatic heterocycles. The maximum absolute atomic E-state index is 2.37. The van der Waals surface area contributed by atoms with Crippen molar-refractivity contribution in [1.29, 1.82) is 0 Å². The SMILES string of the molecule is c1ccc(-c2cc(-c3cccc(-c4ccc5c6c(cccc46)-c4ccccc4-5)c3)ccc2-c2cccc3ccccc23)cc1.